The number of ether oxygens (including phenoxy) is 4. The Morgan fingerprint density at radius 1 is 0.750 bits per heavy atom. The summed E-state index contributed by atoms with van der Waals surface area (Å²) in [4.78, 5) is 0. The molecular formula is C17H36N4O14S. The van der Waals surface area contributed by atoms with Crippen LogP contribution >= 0.6 is 0 Å². The van der Waals surface area contributed by atoms with Crippen molar-refractivity contribution in [2.45, 2.75) is 92.1 Å². The molecule has 3 fully saturated rings. The number of hydrogen-bond donors (Lipinski definition) is 12. The van der Waals surface area contributed by atoms with Gasteiger partial charge in [-0.2, -0.15) is 8.42 Å². The second kappa shape index (κ2) is 12.9. The molecule has 2 saturated heterocycles. The maximum atomic E-state index is 10.6. The lowest BCUT2D eigenvalue weighted by Gasteiger charge is -2.47. The lowest BCUT2D eigenvalue weighted by atomic mass is 9.84. The van der Waals surface area contributed by atoms with Gasteiger partial charge in [0, 0.05) is 18.6 Å². The molecular weight excluding hydrogens is 516 g/mol. The Morgan fingerprint density at radius 2 is 1.25 bits per heavy atom. The maximum Gasteiger partial charge on any atom is 0.394 e. The van der Waals surface area contributed by atoms with E-state index in [-0.39, 0.29) is 13.0 Å². The summed E-state index contributed by atoms with van der Waals surface area (Å²) >= 11 is 0. The molecule has 0 aromatic heterocycles. The number of hydrogen-bond acceptors (Lipinski definition) is 16. The van der Waals surface area contributed by atoms with Crippen molar-refractivity contribution in [2.24, 2.45) is 22.9 Å². The normalized spacial score (nSPS) is 47.8. The molecule has 0 amide bonds. The van der Waals surface area contributed by atoms with Gasteiger partial charge in [0.25, 0.3) is 0 Å². The lowest BCUT2D eigenvalue weighted by molar-refractivity contribution is -0.306. The highest BCUT2D eigenvalue weighted by Gasteiger charge is 2.52. The molecule has 0 spiro atoms. The van der Waals surface area contributed by atoms with Crippen LogP contribution in [-0.4, -0.2) is 147 Å². The van der Waals surface area contributed by atoms with Gasteiger partial charge in [0.05, 0.1) is 18.8 Å². The molecule has 0 bridgehead atoms. The molecule has 1 aliphatic carbocycles. The molecule has 1 unspecified atom stereocenters. The third-order valence-corrected chi connectivity index (χ3v) is 6.13. The van der Waals surface area contributed by atoms with Gasteiger partial charge in [0.2, 0.25) is 0 Å². The van der Waals surface area contributed by atoms with Crippen LogP contribution in [-0.2, 0) is 29.3 Å². The molecule has 0 aromatic rings. The molecule has 0 radical (unpaired) electrons. The molecule has 0 aromatic carbocycles. The molecule has 3 aliphatic rings. The molecule has 214 valence electrons. The Labute approximate surface area is 206 Å². The SMILES string of the molecule is NC[C@H]1O[C@H](O[C@H]2[C@H](O[C@@H]3O[C@H](CO)[C@@H](O)[C@H]3O)C(O)[C@H](N)C[C@@H]2N)[C@H](N)[C@@H](O)[C@@H]1O.O=S(=O)(O)O. The van der Waals surface area contributed by atoms with Gasteiger partial charge in [0.1, 0.15) is 48.8 Å². The molecule has 1 saturated carbocycles. The van der Waals surface area contributed by atoms with Gasteiger partial charge in [-0.15, -0.1) is 0 Å². The van der Waals surface area contributed by atoms with E-state index >= 15 is 0 Å². The zero-order chi connectivity index (χ0) is 27.5. The Hall–Kier alpha value is -0.690. The van der Waals surface area contributed by atoms with E-state index in [4.69, 9.17) is 59.4 Å². The first-order valence-electron chi connectivity index (χ1n) is 10.9. The van der Waals surface area contributed by atoms with Crippen LogP contribution in [0.3, 0.4) is 0 Å². The summed E-state index contributed by atoms with van der Waals surface area (Å²) in [5, 5.41) is 60.2. The second-order valence-electron chi connectivity index (χ2n) is 8.75. The van der Waals surface area contributed by atoms with Gasteiger partial charge in [-0.25, -0.2) is 0 Å². The predicted molar refractivity (Wildman–Crippen MR) is 116 cm³/mol. The van der Waals surface area contributed by atoms with E-state index in [1.807, 2.05) is 0 Å². The van der Waals surface area contributed by atoms with Crippen molar-refractivity contribution in [2.75, 3.05) is 13.2 Å². The smallest absolute Gasteiger partial charge is 0.394 e. The number of rotatable bonds is 6. The fourth-order valence-corrected chi connectivity index (χ4v) is 4.16. The van der Waals surface area contributed by atoms with Crippen molar-refractivity contribution in [1.82, 2.24) is 0 Å². The first-order valence-corrected chi connectivity index (χ1v) is 12.3. The molecule has 3 rings (SSSR count). The average molecular weight is 553 g/mol. The van der Waals surface area contributed by atoms with Crippen LogP contribution in [0.25, 0.3) is 0 Å². The summed E-state index contributed by atoms with van der Waals surface area (Å²) in [6.07, 6.45) is -13.8. The van der Waals surface area contributed by atoms with Gasteiger partial charge in [-0.3, -0.25) is 9.11 Å². The molecule has 18 nitrogen and oxygen atoms in total. The number of nitrogens with two attached hydrogens (primary N) is 4. The summed E-state index contributed by atoms with van der Waals surface area (Å²) in [5.74, 6) is 0. The lowest BCUT2D eigenvalue weighted by Crippen LogP contribution is -2.68. The minimum Gasteiger partial charge on any atom is -0.394 e. The number of aliphatic hydroxyl groups is 6. The van der Waals surface area contributed by atoms with Crippen molar-refractivity contribution < 1.29 is 67.1 Å². The van der Waals surface area contributed by atoms with E-state index in [0.717, 1.165) is 0 Å². The third kappa shape index (κ3) is 7.68. The van der Waals surface area contributed by atoms with Crippen LogP contribution in [0.5, 0.6) is 0 Å². The zero-order valence-corrected chi connectivity index (χ0v) is 19.8. The van der Waals surface area contributed by atoms with E-state index in [9.17, 15) is 30.6 Å². The van der Waals surface area contributed by atoms with Crippen LogP contribution in [0.4, 0.5) is 0 Å². The molecule has 2 heterocycles. The first-order chi connectivity index (χ1) is 16.6. The van der Waals surface area contributed by atoms with Crippen molar-refractivity contribution in [3.05, 3.63) is 0 Å². The molecule has 19 heteroatoms. The zero-order valence-electron chi connectivity index (χ0n) is 18.9. The van der Waals surface area contributed by atoms with Crippen LogP contribution in [0.2, 0.25) is 0 Å². The maximum absolute atomic E-state index is 10.6. The van der Waals surface area contributed by atoms with E-state index < -0.39 is 103 Å². The highest BCUT2D eigenvalue weighted by atomic mass is 32.3. The van der Waals surface area contributed by atoms with Crippen molar-refractivity contribution >= 4 is 10.4 Å². The third-order valence-electron chi connectivity index (χ3n) is 6.13. The molecule has 16 N–H and O–H groups in total. The fraction of sp³-hybridized carbons (Fsp3) is 1.00. The van der Waals surface area contributed by atoms with Crippen LogP contribution in [0.1, 0.15) is 6.42 Å². The van der Waals surface area contributed by atoms with Crippen molar-refractivity contribution in [3.63, 3.8) is 0 Å². The Balaban J connectivity index is 0.000000830. The number of aliphatic hydroxyl groups excluding tert-OH is 6. The Morgan fingerprint density at radius 3 is 1.75 bits per heavy atom. The van der Waals surface area contributed by atoms with Gasteiger partial charge >= 0.3 is 10.4 Å². The van der Waals surface area contributed by atoms with Crippen LogP contribution in [0.15, 0.2) is 0 Å². The van der Waals surface area contributed by atoms with Gasteiger partial charge in [-0.1, -0.05) is 0 Å². The minimum absolute atomic E-state index is 0.114. The fourth-order valence-electron chi connectivity index (χ4n) is 4.16. The van der Waals surface area contributed by atoms with Crippen molar-refractivity contribution in [1.29, 1.82) is 0 Å². The standard InChI is InChI=1S/C17H34N4O10.H2O4S/c18-2-6-10(24)12(26)8(21)16(28-6)30-14-5(20)1-4(19)9(23)15(14)31-17-13(27)11(25)7(3-22)29-17;1-5(2,3)4/h4-17,22-27H,1-3,18-21H2;(H2,1,2,3,4)/t4-,5+,6-,7-,8-,9?,10-,11-,12-,13-,14-,15-,16-,17+;/m1./s1. The predicted octanol–water partition coefficient (Wildman–Crippen LogP) is -7.31. The quantitative estimate of drug-likeness (QED) is 0.136. The minimum atomic E-state index is -4.67. The highest BCUT2D eigenvalue weighted by molar-refractivity contribution is 7.79. The summed E-state index contributed by atoms with van der Waals surface area (Å²) in [7, 11) is -4.67. The Bertz CT molecular complexity index is 787. The summed E-state index contributed by atoms with van der Waals surface area (Å²) in [6, 6.07) is -2.72. The monoisotopic (exact) mass is 552 g/mol. The van der Waals surface area contributed by atoms with Gasteiger partial charge < -0.3 is 72.5 Å². The topological polar surface area (TPSA) is 337 Å². The average Bonchev–Trinajstić information content (AvgIpc) is 3.06. The second-order valence-corrected chi connectivity index (χ2v) is 9.64. The van der Waals surface area contributed by atoms with E-state index in [0.29, 0.717) is 0 Å². The summed E-state index contributed by atoms with van der Waals surface area (Å²) in [5.41, 5.74) is 23.6. The van der Waals surface area contributed by atoms with E-state index in [1.165, 1.54) is 0 Å². The summed E-state index contributed by atoms with van der Waals surface area (Å²) in [6.45, 7) is -0.673. The van der Waals surface area contributed by atoms with Gasteiger partial charge in [0.15, 0.2) is 12.6 Å². The molecule has 14 atom stereocenters. The van der Waals surface area contributed by atoms with Crippen molar-refractivity contribution in [3.8, 4) is 0 Å². The summed E-state index contributed by atoms with van der Waals surface area (Å²) < 4.78 is 54.0. The van der Waals surface area contributed by atoms with Gasteiger partial charge in [-0.05, 0) is 6.42 Å². The first kappa shape index (κ1) is 31.5. The van der Waals surface area contributed by atoms with E-state index in [2.05, 4.69) is 0 Å². The molecule has 36 heavy (non-hydrogen) atoms. The molecule has 2 aliphatic heterocycles. The largest absolute Gasteiger partial charge is 0.394 e. The van der Waals surface area contributed by atoms with Crippen LogP contribution < -0.4 is 22.9 Å². The van der Waals surface area contributed by atoms with E-state index in [1.54, 1.807) is 0 Å². The van der Waals surface area contributed by atoms with Crippen LogP contribution in [0, 0.1) is 0 Å². The Kier molecular flexibility index (Phi) is 11.3. The highest BCUT2D eigenvalue weighted by Crippen LogP contribution is 2.31.